The van der Waals surface area contributed by atoms with Crippen LogP contribution in [0.4, 0.5) is 5.69 Å². The normalized spacial score (nSPS) is 27.5. The molecule has 0 N–H and O–H groups in total. The molecule has 0 aliphatic carbocycles. The number of benzene rings is 1. The molecule has 0 aromatic heterocycles. The van der Waals surface area contributed by atoms with Crippen molar-refractivity contribution in [2.75, 3.05) is 6.54 Å². The zero-order valence-corrected chi connectivity index (χ0v) is 7.89. The molecule has 2 rings (SSSR count). The van der Waals surface area contributed by atoms with Gasteiger partial charge in [-0.25, -0.2) is 0 Å². The van der Waals surface area contributed by atoms with Gasteiger partial charge in [-0.1, -0.05) is 18.2 Å². The maximum Gasteiger partial charge on any atom is 0.0787 e. The Kier molecular flexibility index (Phi) is 2.16. The number of fused-ring (bicyclic) bond motifs is 1. The number of hydrogen-bond acceptors (Lipinski definition) is 0. The second-order valence-corrected chi connectivity index (χ2v) is 3.85. The largest absolute Gasteiger partial charge is 0.283 e. The van der Waals surface area contributed by atoms with E-state index in [1.807, 2.05) is 24.3 Å². The molecule has 0 saturated carbocycles. The number of halogens is 2. The van der Waals surface area contributed by atoms with Crippen molar-refractivity contribution in [1.29, 1.82) is 0 Å². The second-order valence-electron chi connectivity index (χ2n) is 2.82. The summed E-state index contributed by atoms with van der Waals surface area (Å²) in [5.41, 5.74) is 2.03. The van der Waals surface area contributed by atoms with Gasteiger partial charge in [0.2, 0.25) is 0 Å². The van der Waals surface area contributed by atoms with Gasteiger partial charge in [0, 0.05) is 0 Å². The molecule has 2 atom stereocenters. The number of nitrogens with zero attached hydrogens (tertiary/aromatic N) is 1. The molecule has 1 heterocycles. The first kappa shape index (κ1) is 8.21. The Hall–Kier alpha value is -0.400. The lowest BCUT2D eigenvalue weighted by Crippen LogP contribution is -2.24. The molecule has 2 unspecified atom stereocenters. The highest BCUT2D eigenvalue weighted by Gasteiger charge is 2.26. The van der Waals surface area contributed by atoms with Crippen LogP contribution in [0.1, 0.15) is 10.9 Å². The van der Waals surface area contributed by atoms with Crippen molar-refractivity contribution < 1.29 is 0 Å². The molecule has 1 aromatic carbocycles. The van der Waals surface area contributed by atoms with E-state index < -0.39 is 0 Å². The van der Waals surface area contributed by atoms with Gasteiger partial charge in [0.25, 0.3) is 0 Å². The standard InChI is InChI=1S/C9H8Cl2N/c10-7-5-12-8-4-2-1-3-6(8)9(7)11/h1-4,7,9H,5H2. The van der Waals surface area contributed by atoms with Gasteiger partial charge in [-0.2, -0.15) is 0 Å². The third kappa shape index (κ3) is 1.27. The van der Waals surface area contributed by atoms with Crippen molar-refractivity contribution >= 4 is 28.9 Å². The van der Waals surface area contributed by atoms with E-state index in [9.17, 15) is 0 Å². The first-order chi connectivity index (χ1) is 5.79. The maximum absolute atomic E-state index is 6.11. The average molecular weight is 201 g/mol. The topological polar surface area (TPSA) is 14.1 Å². The number of rotatable bonds is 0. The lowest BCUT2D eigenvalue weighted by atomic mass is 10.0. The van der Waals surface area contributed by atoms with Crippen LogP contribution in [0.5, 0.6) is 0 Å². The van der Waals surface area contributed by atoms with Crippen LogP contribution in [0.2, 0.25) is 0 Å². The summed E-state index contributed by atoms with van der Waals surface area (Å²) in [7, 11) is 0. The molecule has 1 radical (unpaired) electrons. The lowest BCUT2D eigenvalue weighted by molar-refractivity contribution is 0.695. The third-order valence-electron chi connectivity index (χ3n) is 1.99. The van der Waals surface area contributed by atoms with Gasteiger partial charge in [-0.05, 0) is 11.6 Å². The van der Waals surface area contributed by atoms with E-state index in [1.165, 1.54) is 0 Å². The van der Waals surface area contributed by atoms with E-state index in [-0.39, 0.29) is 10.8 Å². The van der Waals surface area contributed by atoms with E-state index >= 15 is 0 Å². The van der Waals surface area contributed by atoms with Crippen molar-refractivity contribution in [3.8, 4) is 0 Å². The summed E-state index contributed by atoms with van der Waals surface area (Å²) < 4.78 is 0. The molecule has 1 aliphatic rings. The van der Waals surface area contributed by atoms with Gasteiger partial charge >= 0.3 is 0 Å². The van der Waals surface area contributed by atoms with E-state index in [4.69, 9.17) is 23.2 Å². The van der Waals surface area contributed by atoms with Crippen LogP contribution < -0.4 is 5.32 Å². The molecule has 1 nitrogen and oxygen atoms in total. The maximum atomic E-state index is 6.11. The van der Waals surface area contributed by atoms with Crippen LogP contribution >= 0.6 is 23.2 Å². The number of para-hydroxylation sites is 1. The van der Waals surface area contributed by atoms with Gasteiger partial charge in [-0.3, -0.25) is 5.32 Å². The smallest absolute Gasteiger partial charge is 0.0787 e. The fraction of sp³-hybridized carbons (Fsp3) is 0.333. The SMILES string of the molecule is ClC1C[N]c2ccccc2C1Cl. The Morgan fingerprint density at radius 3 is 2.83 bits per heavy atom. The first-order valence-corrected chi connectivity index (χ1v) is 4.71. The summed E-state index contributed by atoms with van der Waals surface area (Å²) in [6.45, 7) is 0.618. The highest BCUT2D eigenvalue weighted by Crippen LogP contribution is 2.36. The highest BCUT2D eigenvalue weighted by atomic mass is 35.5. The lowest BCUT2D eigenvalue weighted by Gasteiger charge is -2.24. The minimum absolute atomic E-state index is 0.0680. The minimum atomic E-state index is -0.0969. The average Bonchev–Trinajstić information content (AvgIpc) is 2.12. The predicted octanol–water partition coefficient (Wildman–Crippen LogP) is 2.82. The molecule has 3 heteroatoms. The van der Waals surface area contributed by atoms with E-state index in [2.05, 4.69) is 5.32 Å². The van der Waals surface area contributed by atoms with E-state index in [0.717, 1.165) is 11.3 Å². The van der Waals surface area contributed by atoms with Crippen LogP contribution in [0, 0.1) is 0 Å². The van der Waals surface area contributed by atoms with Crippen LogP contribution in [-0.4, -0.2) is 11.9 Å². The first-order valence-electron chi connectivity index (χ1n) is 3.83. The Bertz CT molecular complexity index is 288. The van der Waals surface area contributed by atoms with Crippen LogP contribution in [0.15, 0.2) is 24.3 Å². The minimum Gasteiger partial charge on any atom is -0.283 e. The van der Waals surface area contributed by atoms with Crippen LogP contribution in [-0.2, 0) is 0 Å². The molecule has 0 spiro atoms. The van der Waals surface area contributed by atoms with Gasteiger partial charge in [0.1, 0.15) is 0 Å². The molecule has 12 heavy (non-hydrogen) atoms. The van der Waals surface area contributed by atoms with Crippen molar-refractivity contribution in [3.05, 3.63) is 29.8 Å². The summed E-state index contributed by atoms with van der Waals surface area (Å²) in [4.78, 5) is 0. The summed E-state index contributed by atoms with van der Waals surface area (Å²) in [5, 5.41) is 4.14. The molecule has 0 bridgehead atoms. The van der Waals surface area contributed by atoms with Crippen molar-refractivity contribution in [2.24, 2.45) is 0 Å². The van der Waals surface area contributed by atoms with Crippen LogP contribution in [0.25, 0.3) is 0 Å². The van der Waals surface area contributed by atoms with Crippen molar-refractivity contribution in [1.82, 2.24) is 5.32 Å². The molecule has 63 valence electrons. The molecule has 1 aromatic rings. The third-order valence-corrected chi connectivity index (χ3v) is 3.05. The van der Waals surface area contributed by atoms with Crippen LogP contribution in [0.3, 0.4) is 0 Å². The molecular weight excluding hydrogens is 193 g/mol. The summed E-state index contributed by atoms with van der Waals surface area (Å²) in [6.07, 6.45) is 0. The Morgan fingerprint density at radius 1 is 1.25 bits per heavy atom. The van der Waals surface area contributed by atoms with Crippen molar-refractivity contribution in [2.45, 2.75) is 10.8 Å². The van der Waals surface area contributed by atoms with E-state index in [1.54, 1.807) is 0 Å². The van der Waals surface area contributed by atoms with Gasteiger partial charge in [0.15, 0.2) is 0 Å². The zero-order chi connectivity index (χ0) is 8.55. The highest BCUT2D eigenvalue weighted by molar-refractivity contribution is 6.30. The van der Waals surface area contributed by atoms with Gasteiger partial charge < -0.3 is 0 Å². The Morgan fingerprint density at radius 2 is 2.00 bits per heavy atom. The summed E-state index contributed by atoms with van der Waals surface area (Å²) in [6, 6.07) is 7.86. The molecule has 0 amide bonds. The van der Waals surface area contributed by atoms with Crippen molar-refractivity contribution in [3.63, 3.8) is 0 Å². The monoisotopic (exact) mass is 200 g/mol. The zero-order valence-electron chi connectivity index (χ0n) is 6.37. The van der Waals surface area contributed by atoms with E-state index in [0.29, 0.717) is 6.54 Å². The quantitative estimate of drug-likeness (QED) is 0.573. The molecule has 0 saturated heterocycles. The molecule has 1 aliphatic heterocycles. The number of alkyl halides is 2. The summed E-state index contributed by atoms with van der Waals surface area (Å²) in [5.74, 6) is 0. The molecular formula is C9H8Cl2N. The predicted molar refractivity (Wildman–Crippen MR) is 51.3 cm³/mol. The summed E-state index contributed by atoms with van der Waals surface area (Å²) >= 11 is 12.1. The fourth-order valence-electron chi connectivity index (χ4n) is 1.34. The fourth-order valence-corrected chi connectivity index (χ4v) is 1.81. The molecule has 0 fully saturated rings. The Balaban J connectivity index is 2.42. The van der Waals surface area contributed by atoms with Gasteiger partial charge in [0.05, 0.1) is 23.0 Å². The Labute approximate surface area is 81.7 Å². The second kappa shape index (κ2) is 3.15. The number of hydrogen-bond donors (Lipinski definition) is 0. The van der Waals surface area contributed by atoms with Gasteiger partial charge in [-0.15, -0.1) is 23.2 Å².